The average Bonchev–Trinajstić information content (AvgIpc) is 2.62. The number of hydrogen-bond acceptors (Lipinski definition) is 5. The number of benzene rings is 2. The normalized spacial score (nSPS) is 16.3. The first kappa shape index (κ1) is 16.3. The summed E-state index contributed by atoms with van der Waals surface area (Å²) >= 11 is 1.50. The standard InChI is InChI=1S/C21H18N4S/c1-13-12-18(22)25-21(23-13)26-20-14(2)24-17-11-7-6-10-16(17)19(20)15-8-4-3-5-9-15/h3-12,24H,1-2,22H2,(H,23,25). The molecule has 0 amide bonds. The monoisotopic (exact) mass is 358 g/mol. The maximum absolute atomic E-state index is 5.88. The Balaban J connectivity index is 1.87. The summed E-state index contributed by atoms with van der Waals surface area (Å²) in [5.74, 6) is 0.438. The largest absolute Gasteiger partial charge is 0.384 e. The highest BCUT2D eigenvalue weighted by Gasteiger charge is 2.25. The second-order valence-electron chi connectivity index (χ2n) is 5.96. The van der Waals surface area contributed by atoms with Crippen LogP contribution in [0.3, 0.4) is 0 Å². The fourth-order valence-corrected chi connectivity index (χ4v) is 4.01. The molecule has 0 saturated heterocycles. The highest BCUT2D eigenvalue weighted by molar-refractivity contribution is 8.17. The molecule has 5 heteroatoms. The Bertz CT molecular complexity index is 1000. The highest BCUT2D eigenvalue weighted by Crippen LogP contribution is 2.43. The zero-order valence-corrected chi connectivity index (χ0v) is 14.9. The van der Waals surface area contributed by atoms with E-state index in [0.29, 0.717) is 11.0 Å². The third-order valence-corrected chi connectivity index (χ3v) is 5.11. The van der Waals surface area contributed by atoms with Crippen molar-refractivity contribution in [3.05, 3.63) is 107 Å². The van der Waals surface area contributed by atoms with E-state index < -0.39 is 0 Å². The summed E-state index contributed by atoms with van der Waals surface area (Å²) in [6.07, 6.45) is 1.71. The number of allylic oxidation sites excluding steroid dienone is 1. The maximum Gasteiger partial charge on any atom is 0.172 e. The van der Waals surface area contributed by atoms with Gasteiger partial charge in [-0.05, 0) is 23.4 Å². The molecule has 0 unspecified atom stereocenters. The van der Waals surface area contributed by atoms with Crippen LogP contribution in [0.4, 0.5) is 5.69 Å². The van der Waals surface area contributed by atoms with Crippen molar-refractivity contribution in [1.82, 2.24) is 5.32 Å². The minimum absolute atomic E-state index is 0.438. The third-order valence-electron chi connectivity index (χ3n) is 4.06. The molecular weight excluding hydrogens is 340 g/mol. The van der Waals surface area contributed by atoms with Crippen molar-refractivity contribution in [3.8, 4) is 0 Å². The lowest BCUT2D eigenvalue weighted by atomic mass is 9.93. The Labute approximate surface area is 156 Å². The van der Waals surface area contributed by atoms with Gasteiger partial charge in [0.05, 0.1) is 0 Å². The van der Waals surface area contributed by atoms with Gasteiger partial charge < -0.3 is 16.4 Å². The second-order valence-corrected chi connectivity index (χ2v) is 6.96. The molecule has 0 saturated carbocycles. The van der Waals surface area contributed by atoms with Crippen LogP contribution in [0.15, 0.2) is 101 Å². The van der Waals surface area contributed by atoms with Crippen LogP contribution < -0.4 is 16.4 Å². The molecule has 4 rings (SSSR count). The predicted octanol–water partition coefficient (Wildman–Crippen LogP) is 4.39. The molecule has 128 valence electrons. The fourth-order valence-electron chi connectivity index (χ4n) is 2.98. The molecule has 2 heterocycles. The van der Waals surface area contributed by atoms with Crippen molar-refractivity contribution < 1.29 is 0 Å². The number of rotatable bonds is 2. The Morgan fingerprint density at radius 1 is 0.923 bits per heavy atom. The second kappa shape index (κ2) is 6.61. The predicted molar refractivity (Wildman–Crippen MR) is 111 cm³/mol. The molecule has 2 aromatic carbocycles. The van der Waals surface area contributed by atoms with Crippen molar-refractivity contribution in [2.24, 2.45) is 10.7 Å². The van der Waals surface area contributed by atoms with Crippen molar-refractivity contribution in [2.45, 2.75) is 0 Å². The number of anilines is 1. The number of nitrogens with one attached hydrogen (secondary N) is 2. The maximum atomic E-state index is 5.88. The smallest absolute Gasteiger partial charge is 0.172 e. The highest BCUT2D eigenvalue weighted by atomic mass is 32.2. The molecule has 0 aliphatic carbocycles. The lowest BCUT2D eigenvalue weighted by Crippen LogP contribution is -2.24. The van der Waals surface area contributed by atoms with Gasteiger partial charge in [-0.3, -0.25) is 0 Å². The molecular formula is C21H18N4S. The quantitative estimate of drug-likeness (QED) is 0.745. The van der Waals surface area contributed by atoms with Crippen LogP contribution in [0.1, 0.15) is 11.1 Å². The van der Waals surface area contributed by atoms with Gasteiger partial charge in [-0.2, -0.15) is 0 Å². The van der Waals surface area contributed by atoms with Crippen LogP contribution in [0.25, 0.3) is 5.57 Å². The van der Waals surface area contributed by atoms with Crippen molar-refractivity contribution >= 4 is 28.2 Å². The van der Waals surface area contributed by atoms with Gasteiger partial charge in [0.2, 0.25) is 0 Å². The number of aliphatic imine (C=N–C) groups is 1. The van der Waals surface area contributed by atoms with Crippen LogP contribution in [0, 0.1) is 0 Å². The van der Waals surface area contributed by atoms with E-state index in [-0.39, 0.29) is 0 Å². The molecule has 0 atom stereocenters. The first-order valence-corrected chi connectivity index (χ1v) is 8.98. The van der Waals surface area contributed by atoms with E-state index >= 15 is 0 Å². The van der Waals surface area contributed by atoms with Gasteiger partial charge in [-0.25, -0.2) is 4.99 Å². The van der Waals surface area contributed by atoms with Crippen molar-refractivity contribution in [1.29, 1.82) is 0 Å². The van der Waals surface area contributed by atoms with E-state index in [4.69, 9.17) is 5.73 Å². The molecule has 2 aliphatic rings. The Kier molecular flexibility index (Phi) is 4.14. The zero-order chi connectivity index (χ0) is 18.1. The van der Waals surface area contributed by atoms with Gasteiger partial charge >= 0.3 is 0 Å². The molecule has 2 aromatic rings. The number of hydrogen-bond donors (Lipinski definition) is 3. The van der Waals surface area contributed by atoms with Gasteiger partial charge in [-0.15, -0.1) is 0 Å². The van der Waals surface area contributed by atoms with Crippen LogP contribution in [0.2, 0.25) is 0 Å². The average molecular weight is 358 g/mol. The SMILES string of the molecule is C=C1C=C(N)N=C(SC2=C(c3ccccc3)c3ccccc3NC2=C)N1. The van der Waals surface area contributed by atoms with Crippen LogP contribution in [-0.2, 0) is 0 Å². The Morgan fingerprint density at radius 3 is 2.42 bits per heavy atom. The summed E-state index contributed by atoms with van der Waals surface area (Å²) in [5, 5.41) is 7.25. The number of thioether (sulfide) groups is 1. The lowest BCUT2D eigenvalue weighted by molar-refractivity contribution is 1.10. The minimum Gasteiger partial charge on any atom is -0.384 e. The van der Waals surface area contributed by atoms with Gasteiger partial charge in [-0.1, -0.05) is 61.7 Å². The Hall–Kier alpha value is -3.18. The molecule has 4 nitrogen and oxygen atoms in total. The van der Waals surface area contributed by atoms with Gasteiger partial charge in [0.1, 0.15) is 5.82 Å². The minimum atomic E-state index is 0.438. The molecule has 0 bridgehead atoms. The third kappa shape index (κ3) is 3.05. The summed E-state index contributed by atoms with van der Waals surface area (Å²) in [7, 11) is 0. The topological polar surface area (TPSA) is 62.4 Å². The number of para-hydroxylation sites is 1. The van der Waals surface area contributed by atoms with Gasteiger partial charge in [0, 0.05) is 39.2 Å². The van der Waals surface area contributed by atoms with Crippen LogP contribution in [-0.4, -0.2) is 5.17 Å². The van der Waals surface area contributed by atoms with E-state index in [2.05, 4.69) is 53.0 Å². The summed E-state index contributed by atoms with van der Waals surface area (Å²) in [6, 6.07) is 18.5. The molecule has 0 radical (unpaired) electrons. The van der Waals surface area contributed by atoms with Crippen LogP contribution >= 0.6 is 11.8 Å². The first-order valence-electron chi connectivity index (χ1n) is 8.17. The number of amidine groups is 1. The molecule has 4 N–H and O–H groups in total. The molecule has 2 aliphatic heterocycles. The zero-order valence-electron chi connectivity index (χ0n) is 14.1. The van der Waals surface area contributed by atoms with Gasteiger partial charge in [0.25, 0.3) is 0 Å². The van der Waals surface area contributed by atoms with E-state index in [9.17, 15) is 0 Å². The first-order chi connectivity index (χ1) is 12.6. The van der Waals surface area contributed by atoms with Gasteiger partial charge in [0.15, 0.2) is 5.17 Å². The number of fused-ring (bicyclic) bond motifs is 1. The van der Waals surface area contributed by atoms with E-state index in [1.54, 1.807) is 6.08 Å². The summed E-state index contributed by atoms with van der Waals surface area (Å²) in [6.45, 7) is 8.16. The van der Waals surface area contributed by atoms with Crippen molar-refractivity contribution in [2.75, 3.05) is 5.32 Å². The summed E-state index contributed by atoms with van der Waals surface area (Å²) in [5.41, 5.74) is 11.9. The number of nitrogens with zero attached hydrogens (tertiary/aromatic N) is 1. The van der Waals surface area contributed by atoms with Crippen molar-refractivity contribution in [3.63, 3.8) is 0 Å². The lowest BCUT2D eigenvalue weighted by Gasteiger charge is -2.27. The molecule has 26 heavy (non-hydrogen) atoms. The van der Waals surface area contributed by atoms with E-state index in [0.717, 1.165) is 38.7 Å². The number of nitrogens with two attached hydrogens (primary N) is 1. The fraction of sp³-hybridized carbons (Fsp3) is 0. The van der Waals surface area contributed by atoms with Crippen LogP contribution in [0.5, 0.6) is 0 Å². The van der Waals surface area contributed by atoms with E-state index in [1.807, 2.05) is 30.3 Å². The van der Waals surface area contributed by atoms with E-state index in [1.165, 1.54) is 11.8 Å². The molecule has 0 fully saturated rings. The molecule has 0 aromatic heterocycles. The summed E-state index contributed by atoms with van der Waals surface area (Å²) in [4.78, 5) is 5.39. The summed E-state index contributed by atoms with van der Waals surface area (Å²) < 4.78 is 0. The Morgan fingerprint density at radius 2 is 1.65 bits per heavy atom. The molecule has 0 spiro atoms.